The summed E-state index contributed by atoms with van der Waals surface area (Å²) in [6.45, 7) is 2.70. The maximum Gasteiger partial charge on any atom is 0.281 e. The maximum absolute atomic E-state index is 11.6. The molecule has 2 saturated heterocycles. The van der Waals surface area contributed by atoms with Gasteiger partial charge < -0.3 is 15.0 Å². The molecule has 2 heterocycles. The molecule has 2 fully saturated rings. The summed E-state index contributed by atoms with van der Waals surface area (Å²) in [4.78, 5) is 24.6. The second-order valence-electron chi connectivity index (χ2n) is 4.29. The molecule has 5 nitrogen and oxygen atoms in total. The van der Waals surface area contributed by atoms with E-state index in [-0.39, 0.29) is 17.3 Å². The first-order chi connectivity index (χ1) is 8.25. The van der Waals surface area contributed by atoms with E-state index in [1.165, 1.54) is 11.8 Å². The van der Waals surface area contributed by atoms with Gasteiger partial charge in [-0.2, -0.15) is 0 Å². The van der Waals surface area contributed by atoms with E-state index in [1.807, 2.05) is 0 Å². The summed E-state index contributed by atoms with van der Waals surface area (Å²) >= 11 is 1.33. The van der Waals surface area contributed by atoms with Crippen LogP contribution in [0.1, 0.15) is 19.3 Å². The first-order valence-corrected chi connectivity index (χ1v) is 7.04. The van der Waals surface area contributed by atoms with Crippen LogP contribution in [0.4, 0.5) is 4.79 Å². The summed E-state index contributed by atoms with van der Waals surface area (Å²) in [7, 11) is 0. The predicted octanol–water partition coefficient (Wildman–Crippen LogP) is 0.840. The Kier molecular flexibility index (Phi) is 4.67. The molecule has 1 atom stereocenters. The van der Waals surface area contributed by atoms with Gasteiger partial charge in [-0.1, -0.05) is 11.8 Å². The largest absolute Gasteiger partial charge is 0.376 e. The van der Waals surface area contributed by atoms with Gasteiger partial charge in [-0.25, -0.2) is 0 Å². The fourth-order valence-corrected chi connectivity index (χ4v) is 2.84. The zero-order chi connectivity index (χ0) is 12.1. The van der Waals surface area contributed by atoms with Crippen LogP contribution in [0.3, 0.4) is 0 Å². The molecule has 2 rings (SSSR count). The molecule has 17 heavy (non-hydrogen) atoms. The standard InChI is InChI=1S/C11H18N2O3S/c14-10(12-8-9-2-1-6-16-9)3-4-13-5-7-17-11(13)15/h9H,1-8H2,(H,12,14). The van der Waals surface area contributed by atoms with E-state index in [0.717, 1.165) is 31.7 Å². The quantitative estimate of drug-likeness (QED) is 0.794. The molecule has 0 radical (unpaired) electrons. The smallest absolute Gasteiger partial charge is 0.281 e. The molecule has 96 valence electrons. The van der Waals surface area contributed by atoms with Gasteiger partial charge in [-0.05, 0) is 12.8 Å². The van der Waals surface area contributed by atoms with E-state index in [9.17, 15) is 9.59 Å². The van der Waals surface area contributed by atoms with Crippen molar-refractivity contribution in [3.05, 3.63) is 0 Å². The lowest BCUT2D eigenvalue weighted by Crippen LogP contribution is -2.34. The van der Waals surface area contributed by atoms with Crippen molar-refractivity contribution in [2.75, 3.05) is 32.0 Å². The molecule has 6 heteroatoms. The minimum atomic E-state index is 0.00481. The monoisotopic (exact) mass is 258 g/mol. The Morgan fingerprint density at radius 1 is 1.59 bits per heavy atom. The average molecular weight is 258 g/mol. The Balaban J connectivity index is 1.58. The molecule has 1 unspecified atom stereocenters. The van der Waals surface area contributed by atoms with Crippen LogP contribution in [0.5, 0.6) is 0 Å². The van der Waals surface area contributed by atoms with Crippen LogP contribution in [0.25, 0.3) is 0 Å². The van der Waals surface area contributed by atoms with Crippen LogP contribution in [0, 0.1) is 0 Å². The van der Waals surface area contributed by atoms with Gasteiger partial charge in [0.1, 0.15) is 0 Å². The van der Waals surface area contributed by atoms with Gasteiger partial charge in [0.25, 0.3) is 5.24 Å². The number of ether oxygens (including phenoxy) is 1. The van der Waals surface area contributed by atoms with E-state index in [4.69, 9.17) is 4.74 Å². The maximum atomic E-state index is 11.6. The fourth-order valence-electron chi connectivity index (χ4n) is 1.99. The molecular weight excluding hydrogens is 240 g/mol. The molecular formula is C11H18N2O3S. The second kappa shape index (κ2) is 6.26. The van der Waals surface area contributed by atoms with Gasteiger partial charge in [-0.3, -0.25) is 9.59 Å². The van der Waals surface area contributed by atoms with Gasteiger partial charge >= 0.3 is 0 Å². The predicted molar refractivity (Wildman–Crippen MR) is 66.0 cm³/mol. The SMILES string of the molecule is O=C(CCN1CCSC1=O)NCC1CCCO1. The summed E-state index contributed by atoms with van der Waals surface area (Å²) < 4.78 is 5.42. The Labute approximate surface area is 105 Å². The van der Waals surface area contributed by atoms with Crippen LogP contribution >= 0.6 is 11.8 Å². The lowest BCUT2D eigenvalue weighted by Gasteiger charge is -2.15. The van der Waals surface area contributed by atoms with Crippen LogP contribution in [0.15, 0.2) is 0 Å². The van der Waals surface area contributed by atoms with Crippen molar-refractivity contribution < 1.29 is 14.3 Å². The molecule has 0 aliphatic carbocycles. The molecule has 0 aromatic carbocycles. The Morgan fingerprint density at radius 3 is 3.12 bits per heavy atom. The highest BCUT2D eigenvalue weighted by molar-refractivity contribution is 8.13. The number of hydrogen-bond acceptors (Lipinski definition) is 4. The van der Waals surface area contributed by atoms with Gasteiger partial charge in [0.05, 0.1) is 6.10 Å². The van der Waals surface area contributed by atoms with Crippen LogP contribution < -0.4 is 5.32 Å². The highest BCUT2D eigenvalue weighted by Gasteiger charge is 2.21. The van der Waals surface area contributed by atoms with Gasteiger partial charge in [0.15, 0.2) is 0 Å². The van der Waals surface area contributed by atoms with Crippen molar-refractivity contribution in [2.24, 2.45) is 0 Å². The minimum Gasteiger partial charge on any atom is -0.376 e. The van der Waals surface area contributed by atoms with Crippen LogP contribution in [-0.4, -0.2) is 54.1 Å². The number of rotatable bonds is 5. The Bertz CT molecular complexity index is 292. The molecule has 2 aliphatic rings. The first-order valence-electron chi connectivity index (χ1n) is 6.06. The second-order valence-corrected chi connectivity index (χ2v) is 5.34. The van der Waals surface area contributed by atoms with E-state index < -0.39 is 0 Å². The van der Waals surface area contributed by atoms with E-state index >= 15 is 0 Å². The van der Waals surface area contributed by atoms with Gasteiger partial charge in [0.2, 0.25) is 5.91 Å². The molecule has 2 amide bonds. The Morgan fingerprint density at radius 2 is 2.47 bits per heavy atom. The van der Waals surface area contributed by atoms with Crippen molar-refractivity contribution in [3.63, 3.8) is 0 Å². The number of carbonyl (C=O) groups excluding carboxylic acids is 2. The van der Waals surface area contributed by atoms with Crippen molar-refractivity contribution in [2.45, 2.75) is 25.4 Å². The third-order valence-corrected chi connectivity index (χ3v) is 3.90. The number of nitrogens with one attached hydrogen (secondary N) is 1. The topological polar surface area (TPSA) is 58.6 Å². The highest BCUT2D eigenvalue weighted by atomic mass is 32.2. The van der Waals surface area contributed by atoms with E-state index in [0.29, 0.717) is 19.5 Å². The Hall–Kier alpha value is -0.750. The van der Waals surface area contributed by atoms with Crippen molar-refractivity contribution in [3.8, 4) is 0 Å². The van der Waals surface area contributed by atoms with E-state index in [2.05, 4.69) is 5.32 Å². The molecule has 0 aromatic heterocycles. The normalized spacial score (nSPS) is 24.4. The van der Waals surface area contributed by atoms with Crippen molar-refractivity contribution in [1.29, 1.82) is 0 Å². The first kappa shape index (κ1) is 12.7. The number of carbonyl (C=O) groups is 2. The average Bonchev–Trinajstić information content (AvgIpc) is 2.95. The summed E-state index contributed by atoms with van der Waals surface area (Å²) in [6, 6.07) is 0. The third kappa shape index (κ3) is 3.89. The van der Waals surface area contributed by atoms with Gasteiger partial charge in [0, 0.05) is 38.4 Å². The molecule has 1 N–H and O–H groups in total. The highest BCUT2D eigenvalue weighted by Crippen LogP contribution is 2.17. The zero-order valence-electron chi connectivity index (χ0n) is 9.81. The minimum absolute atomic E-state index is 0.00481. The summed E-state index contributed by atoms with van der Waals surface area (Å²) in [6.07, 6.45) is 2.68. The lowest BCUT2D eigenvalue weighted by atomic mass is 10.2. The third-order valence-electron chi connectivity index (χ3n) is 3.00. The fraction of sp³-hybridized carbons (Fsp3) is 0.818. The van der Waals surface area contributed by atoms with E-state index in [1.54, 1.807) is 4.90 Å². The summed E-state index contributed by atoms with van der Waals surface area (Å²) in [5.41, 5.74) is 0. The summed E-state index contributed by atoms with van der Waals surface area (Å²) in [5.74, 6) is 0.848. The van der Waals surface area contributed by atoms with Gasteiger partial charge in [-0.15, -0.1) is 0 Å². The van der Waals surface area contributed by atoms with Crippen LogP contribution in [0.2, 0.25) is 0 Å². The molecule has 0 saturated carbocycles. The molecule has 0 aromatic rings. The number of hydrogen-bond donors (Lipinski definition) is 1. The number of amides is 2. The lowest BCUT2D eigenvalue weighted by molar-refractivity contribution is -0.121. The summed E-state index contributed by atoms with van der Waals surface area (Å²) in [5, 5.41) is 2.95. The molecule has 2 aliphatic heterocycles. The number of nitrogens with zero attached hydrogens (tertiary/aromatic N) is 1. The van der Waals surface area contributed by atoms with Crippen LogP contribution in [-0.2, 0) is 9.53 Å². The molecule has 0 bridgehead atoms. The number of thioether (sulfide) groups is 1. The zero-order valence-corrected chi connectivity index (χ0v) is 10.6. The molecule has 0 spiro atoms. The van der Waals surface area contributed by atoms with Crippen molar-refractivity contribution in [1.82, 2.24) is 10.2 Å². The van der Waals surface area contributed by atoms with Crippen molar-refractivity contribution >= 4 is 22.9 Å².